The largest absolute Gasteiger partial charge is 0.316 e. The maximum absolute atomic E-state index is 5.89. The number of thioether (sulfide) groups is 1. The molecular formula is C15H15BrClNS. The Kier molecular flexibility index (Phi) is 5.76. The molecule has 1 N–H and O–H groups in total. The summed E-state index contributed by atoms with van der Waals surface area (Å²) < 4.78 is 1.12. The van der Waals surface area contributed by atoms with Gasteiger partial charge in [0.05, 0.1) is 0 Å². The molecule has 2 aromatic rings. The van der Waals surface area contributed by atoms with Crippen LogP contribution in [0.3, 0.4) is 0 Å². The molecule has 4 heteroatoms. The van der Waals surface area contributed by atoms with E-state index >= 15 is 0 Å². The Hall–Kier alpha value is -0.480. The predicted octanol–water partition coefficient (Wildman–Crippen LogP) is 5.11. The Morgan fingerprint density at radius 3 is 2.58 bits per heavy atom. The first-order chi connectivity index (χ1) is 9.19. The van der Waals surface area contributed by atoms with E-state index in [9.17, 15) is 0 Å². The van der Waals surface area contributed by atoms with Crippen molar-refractivity contribution in [2.24, 2.45) is 0 Å². The Morgan fingerprint density at radius 2 is 1.89 bits per heavy atom. The van der Waals surface area contributed by atoms with Crippen LogP contribution in [-0.2, 0) is 12.3 Å². The summed E-state index contributed by atoms with van der Waals surface area (Å²) in [5, 5.41) is 3.99. The molecule has 0 aliphatic carbocycles. The number of hydrogen-bond donors (Lipinski definition) is 1. The molecular weight excluding hydrogens is 342 g/mol. The van der Waals surface area contributed by atoms with E-state index in [0.717, 1.165) is 21.8 Å². The normalized spacial score (nSPS) is 10.7. The SMILES string of the molecule is CNCc1ccc(Br)cc1SCc1ccc(Cl)cc1. The van der Waals surface area contributed by atoms with Crippen LogP contribution in [0.5, 0.6) is 0 Å². The van der Waals surface area contributed by atoms with Crippen LogP contribution in [0.2, 0.25) is 5.02 Å². The van der Waals surface area contributed by atoms with Gasteiger partial charge in [0, 0.05) is 26.7 Å². The Labute approximate surface area is 131 Å². The van der Waals surface area contributed by atoms with E-state index in [1.807, 2.05) is 30.9 Å². The van der Waals surface area contributed by atoms with E-state index in [1.54, 1.807) is 0 Å². The molecule has 2 aromatic carbocycles. The third kappa shape index (κ3) is 4.53. The van der Waals surface area contributed by atoms with Gasteiger partial charge in [-0.15, -0.1) is 11.8 Å². The summed E-state index contributed by atoms with van der Waals surface area (Å²) in [7, 11) is 1.97. The van der Waals surface area contributed by atoms with E-state index in [0.29, 0.717) is 0 Å². The maximum Gasteiger partial charge on any atom is 0.0406 e. The Morgan fingerprint density at radius 1 is 1.16 bits per heavy atom. The summed E-state index contributed by atoms with van der Waals surface area (Å²) in [6.45, 7) is 0.885. The third-order valence-electron chi connectivity index (χ3n) is 2.70. The standard InChI is InChI=1S/C15H15BrClNS/c1-18-9-12-4-5-13(16)8-15(12)19-10-11-2-6-14(17)7-3-11/h2-8,18H,9-10H2,1H3. The highest BCUT2D eigenvalue weighted by molar-refractivity contribution is 9.10. The molecule has 0 unspecified atom stereocenters. The minimum absolute atomic E-state index is 0.784. The number of hydrogen-bond acceptors (Lipinski definition) is 2. The molecule has 0 aliphatic rings. The van der Waals surface area contributed by atoms with Gasteiger partial charge in [-0.3, -0.25) is 0 Å². The summed E-state index contributed by atoms with van der Waals surface area (Å²) in [5.74, 6) is 0.949. The minimum Gasteiger partial charge on any atom is -0.316 e. The second-order valence-electron chi connectivity index (χ2n) is 4.20. The lowest BCUT2D eigenvalue weighted by Gasteiger charge is -2.09. The molecule has 2 rings (SSSR count). The first kappa shape index (κ1) is 14.9. The van der Waals surface area contributed by atoms with Crippen molar-refractivity contribution in [3.8, 4) is 0 Å². The van der Waals surface area contributed by atoms with Gasteiger partial charge < -0.3 is 5.32 Å². The van der Waals surface area contributed by atoms with Gasteiger partial charge in [-0.2, -0.15) is 0 Å². The molecule has 0 atom stereocenters. The lowest BCUT2D eigenvalue weighted by atomic mass is 10.2. The van der Waals surface area contributed by atoms with E-state index < -0.39 is 0 Å². The summed E-state index contributed by atoms with van der Waals surface area (Å²) in [6, 6.07) is 14.4. The van der Waals surface area contributed by atoms with Gasteiger partial charge in [0.1, 0.15) is 0 Å². The zero-order valence-electron chi connectivity index (χ0n) is 10.6. The average Bonchev–Trinajstić information content (AvgIpc) is 2.41. The maximum atomic E-state index is 5.89. The smallest absolute Gasteiger partial charge is 0.0406 e. The fourth-order valence-electron chi connectivity index (χ4n) is 1.74. The van der Waals surface area contributed by atoms with Crippen LogP contribution in [0, 0.1) is 0 Å². The van der Waals surface area contributed by atoms with E-state index in [-0.39, 0.29) is 0 Å². The van der Waals surface area contributed by atoms with Crippen molar-refractivity contribution in [2.75, 3.05) is 7.05 Å². The molecule has 0 fully saturated rings. The van der Waals surface area contributed by atoms with Gasteiger partial charge >= 0.3 is 0 Å². The Balaban J connectivity index is 2.09. The van der Waals surface area contributed by atoms with Crippen LogP contribution in [0.4, 0.5) is 0 Å². The van der Waals surface area contributed by atoms with Gasteiger partial charge in [0.25, 0.3) is 0 Å². The topological polar surface area (TPSA) is 12.0 Å². The highest BCUT2D eigenvalue weighted by atomic mass is 79.9. The molecule has 100 valence electrons. The quantitative estimate of drug-likeness (QED) is 0.747. The van der Waals surface area contributed by atoms with Gasteiger partial charge in [-0.1, -0.05) is 45.7 Å². The number of rotatable bonds is 5. The number of nitrogens with one attached hydrogen (secondary N) is 1. The summed E-state index contributed by atoms with van der Waals surface area (Å²) in [5.41, 5.74) is 2.61. The Bertz CT molecular complexity index is 542. The summed E-state index contributed by atoms with van der Waals surface area (Å²) >= 11 is 11.3. The zero-order valence-corrected chi connectivity index (χ0v) is 13.8. The van der Waals surface area contributed by atoms with Gasteiger partial charge in [-0.25, -0.2) is 0 Å². The molecule has 1 nitrogen and oxygen atoms in total. The predicted molar refractivity (Wildman–Crippen MR) is 87.9 cm³/mol. The molecule has 0 saturated carbocycles. The number of benzene rings is 2. The van der Waals surface area contributed by atoms with E-state index in [2.05, 4.69) is 51.6 Å². The molecule has 0 heterocycles. The molecule has 0 aliphatic heterocycles. The lowest BCUT2D eigenvalue weighted by molar-refractivity contribution is 0.803. The average molecular weight is 357 g/mol. The molecule has 0 saturated heterocycles. The monoisotopic (exact) mass is 355 g/mol. The first-order valence-electron chi connectivity index (χ1n) is 5.99. The van der Waals surface area contributed by atoms with Crippen LogP contribution in [-0.4, -0.2) is 7.05 Å². The van der Waals surface area contributed by atoms with Crippen LogP contribution in [0.25, 0.3) is 0 Å². The fraction of sp³-hybridized carbons (Fsp3) is 0.200. The van der Waals surface area contributed by atoms with Crippen molar-refractivity contribution in [1.82, 2.24) is 5.32 Å². The molecule has 0 aromatic heterocycles. The van der Waals surface area contributed by atoms with Crippen LogP contribution in [0.1, 0.15) is 11.1 Å². The number of halogens is 2. The lowest BCUT2D eigenvalue weighted by Crippen LogP contribution is -2.06. The third-order valence-corrected chi connectivity index (χ3v) is 4.62. The summed E-state index contributed by atoms with van der Waals surface area (Å²) in [4.78, 5) is 1.30. The van der Waals surface area contributed by atoms with Crippen molar-refractivity contribution in [2.45, 2.75) is 17.2 Å². The second-order valence-corrected chi connectivity index (χ2v) is 6.57. The van der Waals surface area contributed by atoms with Gasteiger partial charge in [0.2, 0.25) is 0 Å². The van der Waals surface area contributed by atoms with Crippen molar-refractivity contribution < 1.29 is 0 Å². The zero-order chi connectivity index (χ0) is 13.7. The highest BCUT2D eigenvalue weighted by Crippen LogP contribution is 2.29. The molecule has 19 heavy (non-hydrogen) atoms. The molecule has 0 radical (unpaired) electrons. The fourth-order valence-corrected chi connectivity index (χ4v) is 3.43. The van der Waals surface area contributed by atoms with E-state index in [4.69, 9.17) is 11.6 Å². The van der Waals surface area contributed by atoms with Crippen molar-refractivity contribution in [3.05, 3.63) is 63.1 Å². The van der Waals surface area contributed by atoms with Crippen molar-refractivity contribution in [1.29, 1.82) is 0 Å². The molecule has 0 bridgehead atoms. The van der Waals surface area contributed by atoms with Gasteiger partial charge in [0.15, 0.2) is 0 Å². The summed E-state index contributed by atoms with van der Waals surface area (Å²) in [6.07, 6.45) is 0. The first-order valence-corrected chi connectivity index (χ1v) is 8.15. The van der Waals surface area contributed by atoms with Crippen LogP contribution in [0.15, 0.2) is 51.8 Å². The van der Waals surface area contributed by atoms with Crippen LogP contribution >= 0.6 is 39.3 Å². The van der Waals surface area contributed by atoms with Gasteiger partial charge in [-0.05, 0) is 42.4 Å². The molecule has 0 amide bonds. The minimum atomic E-state index is 0.784. The van der Waals surface area contributed by atoms with E-state index in [1.165, 1.54) is 16.0 Å². The second kappa shape index (κ2) is 7.34. The highest BCUT2D eigenvalue weighted by Gasteiger charge is 2.04. The van der Waals surface area contributed by atoms with Crippen molar-refractivity contribution >= 4 is 39.3 Å². The molecule has 0 spiro atoms. The van der Waals surface area contributed by atoms with Crippen molar-refractivity contribution in [3.63, 3.8) is 0 Å². The van der Waals surface area contributed by atoms with Crippen LogP contribution < -0.4 is 5.32 Å².